The molecule has 1 unspecified atom stereocenters. The highest BCUT2D eigenvalue weighted by Gasteiger charge is 2.34. The number of unbranched alkanes of at least 4 members (excludes halogenated alkanes) is 1. The summed E-state index contributed by atoms with van der Waals surface area (Å²) in [6.07, 6.45) is 24.1. The molecule has 362 valence electrons. The van der Waals surface area contributed by atoms with E-state index < -0.39 is 6.04 Å². The van der Waals surface area contributed by atoms with E-state index in [9.17, 15) is 28.8 Å². The van der Waals surface area contributed by atoms with Crippen LogP contribution in [-0.2, 0) is 30.4 Å². The third-order valence-corrected chi connectivity index (χ3v) is 10.3. The average Bonchev–Trinajstić information content (AvgIpc) is 3.61. The maximum atomic E-state index is 12.5. The molecule has 1 heterocycles. The van der Waals surface area contributed by atoms with E-state index in [1.807, 2.05) is 70.2 Å². The number of likely N-dealkylation sites (tertiary alicyclic amines) is 1. The quantitative estimate of drug-likeness (QED) is 0.131. The van der Waals surface area contributed by atoms with Crippen LogP contribution in [0.5, 0.6) is 0 Å². The van der Waals surface area contributed by atoms with Crippen LogP contribution in [0.1, 0.15) is 142 Å². The van der Waals surface area contributed by atoms with Crippen molar-refractivity contribution in [2.24, 2.45) is 11.5 Å². The summed E-state index contributed by atoms with van der Waals surface area (Å²) in [4.78, 5) is 69.7. The van der Waals surface area contributed by atoms with Gasteiger partial charge in [-0.1, -0.05) is 168 Å². The van der Waals surface area contributed by atoms with E-state index in [1.165, 1.54) is 74.1 Å². The second kappa shape index (κ2) is 37.3. The van der Waals surface area contributed by atoms with Gasteiger partial charge in [0.15, 0.2) is 12.1 Å². The molecule has 1 aliphatic heterocycles. The minimum atomic E-state index is -0.574. The van der Waals surface area contributed by atoms with Crippen molar-refractivity contribution >= 4 is 41.3 Å². The topological polar surface area (TPSA) is 182 Å². The van der Waals surface area contributed by atoms with E-state index in [1.54, 1.807) is 0 Å². The Hall–Kier alpha value is -5.94. The first-order chi connectivity index (χ1) is 31.7. The molecule has 3 aromatic carbocycles. The summed E-state index contributed by atoms with van der Waals surface area (Å²) >= 11 is 0. The lowest BCUT2D eigenvalue weighted by atomic mass is 10.0. The van der Waals surface area contributed by atoms with E-state index in [-0.39, 0.29) is 48.9 Å². The third-order valence-electron chi connectivity index (χ3n) is 10.3. The number of aryl methyl sites for hydroxylation is 4. The van der Waals surface area contributed by atoms with E-state index >= 15 is 0 Å². The van der Waals surface area contributed by atoms with E-state index in [0.717, 1.165) is 53.4 Å². The summed E-state index contributed by atoms with van der Waals surface area (Å²) in [7, 11) is 1.50. The Morgan fingerprint density at radius 2 is 1.33 bits per heavy atom. The Balaban J connectivity index is 0.000000915. The normalized spacial score (nSPS) is 13.8. The van der Waals surface area contributed by atoms with Crippen molar-refractivity contribution in [3.63, 3.8) is 0 Å². The van der Waals surface area contributed by atoms with E-state index in [4.69, 9.17) is 0 Å². The minimum Gasteiger partial charge on any atom is -0.370 e. The van der Waals surface area contributed by atoms with Crippen molar-refractivity contribution in [3.05, 3.63) is 136 Å². The molecule has 6 rings (SSSR count). The predicted octanol–water partition coefficient (Wildman–Crippen LogP) is 9.57. The number of ketones is 1. The van der Waals surface area contributed by atoms with E-state index in [2.05, 4.69) is 97.5 Å². The van der Waals surface area contributed by atoms with Crippen LogP contribution in [0, 0.1) is 27.7 Å². The van der Waals surface area contributed by atoms with Gasteiger partial charge in [-0.25, -0.2) is 0 Å². The van der Waals surface area contributed by atoms with Crippen LogP contribution in [0.15, 0.2) is 97.1 Å². The second-order valence-electron chi connectivity index (χ2n) is 16.2. The van der Waals surface area contributed by atoms with Gasteiger partial charge in [-0.2, -0.15) is 0 Å². The van der Waals surface area contributed by atoms with Crippen molar-refractivity contribution in [2.45, 2.75) is 138 Å². The monoisotopic (exact) mass is 908 g/mol. The standard InChI is InChI=1S/C21H29N3O4.C14H14.C9H10O.C4H8.C4H10.C2H5NO.CH5N/c1-3-6-17(25)13-23-21(28)18-9-5-10-24(18)20(27)14-22-19(26)12-16-8-4-7-15(2)11-16;1-12-8-10-14(11-9-12)13-6-4-2-3-5-7-13;1-7-4-3-5-8(2)9(7)6-10;1-2-4-3-1;1-3-4-2;1-2(3)4;1-2/h4,7-8,11,18H,3,5-6,9-10,12-14H2,1-2H3,(H,22,26)(H,23,28);2,4-11H,3H2,1H3;3-6H,1-2H3;1-4H2;3-4H2,1-2H3;1H3,(H2,3,4);2H2,1H3. The molecule has 4 amide bonds. The van der Waals surface area contributed by atoms with Gasteiger partial charge >= 0.3 is 0 Å². The molecule has 66 heavy (non-hydrogen) atoms. The highest BCUT2D eigenvalue weighted by atomic mass is 16.2. The lowest BCUT2D eigenvalue weighted by Gasteiger charge is -2.24. The molecule has 11 nitrogen and oxygen atoms in total. The Kier molecular flexibility index (Phi) is 33.9. The number of carbonyl (C=O) groups excluding carboxylic acids is 6. The number of Topliss-reactive ketones (excluding diaryl/α,β-unsaturated/α-hetero) is 1. The number of benzene rings is 3. The summed E-state index contributed by atoms with van der Waals surface area (Å²) in [5.41, 5.74) is 17.7. The maximum Gasteiger partial charge on any atom is 0.243 e. The molecule has 0 bridgehead atoms. The van der Waals surface area contributed by atoms with Crippen molar-refractivity contribution < 1.29 is 28.8 Å². The zero-order valence-electron chi connectivity index (χ0n) is 41.6. The summed E-state index contributed by atoms with van der Waals surface area (Å²) in [5, 5.41) is 5.26. The molecule has 2 aliphatic carbocycles. The van der Waals surface area contributed by atoms with Crippen LogP contribution in [-0.4, -0.2) is 73.3 Å². The first-order valence-corrected chi connectivity index (χ1v) is 23.5. The summed E-state index contributed by atoms with van der Waals surface area (Å²) < 4.78 is 0. The lowest BCUT2D eigenvalue weighted by Crippen LogP contribution is -2.49. The number of nitrogens with two attached hydrogens (primary N) is 2. The fourth-order valence-corrected chi connectivity index (χ4v) is 6.14. The number of primary amides is 1. The van der Waals surface area contributed by atoms with Gasteiger partial charge in [-0.15, -0.1) is 0 Å². The molecule has 11 heteroatoms. The SMILES string of the molecule is C1CCC1.CC(N)=O.CCCC.CCCC(=O)CNC(=O)C1CCCN1C(=O)CNC(=O)Cc1cccc(C)c1.CN.Cc1ccc(C2=CC=CCC=C2)cc1.Cc1cccc(C)c1C=O. The number of aldehydes is 1. The number of amides is 4. The molecule has 6 N–H and O–H groups in total. The van der Waals surface area contributed by atoms with Gasteiger partial charge in [0.2, 0.25) is 23.6 Å². The van der Waals surface area contributed by atoms with Crippen LogP contribution < -0.4 is 22.1 Å². The second-order valence-corrected chi connectivity index (χ2v) is 16.2. The Morgan fingerprint density at radius 1 is 0.742 bits per heavy atom. The fourth-order valence-electron chi connectivity index (χ4n) is 6.14. The molecule has 1 saturated carbocycles. The van der Waals surface area contributed by atoms with Crippen molar-refractivity contribution in [3.8, 4) is 0 Å². The van der Waals surface area contributed by atoms with Gasteiger partial charge in [-0.05, 0) is 88.3 Å². The first kappa shape index (κ1) is 60.1. The molecule has 0 aromatic heterocycles. The van der Waals surface area contributed by atoms with Gasteiger partial charge < -0.3 is 27.0 Å². The molecule has 0 spiro atoms. The lowest BCUT2D eigenvalue weighted by molar-refractivity contribution is -0.139. The van der Waals surface area contributed by atoms with Gasteiger partial charge in [-0.3, -0.25) is 28.8 Å². The fraction of sp³-hybridized carbons (Fsp3) is 0.455. The summed E-state index contributed by atoms with van der Waals surface area (Å²) in [5.74, 6) is -1.17. The Bertz CT molecular complexity index is 1950. The zero-order chi connectivity index (χ0) is 49.7. The summed E-state index contributed by atoms with van der Waals surface area (Å²) in [6, 6.07) is 21.6. The Morgan fingerprint density at radius 3 is 1.85 bits per heavy atom. The number of nitrogens with zero attached hydrogens (tertiary/aromatic N) is 1. The largest absolute Gasteiger partial charge is 0.370 e. The molecule has 0 radical (unpaired) electrons. The number of hydrogen-bond donors (Lipinski definition) is 4. The number of carbonyl (C=O) groups is 6. The smallest absolute Gasteiger partial charge is 0.243 e. The van der Waals surface area contributed by atoms with Crippen LogP contribution in [0.25, 0.3) is 5.57 Å². The third kappa shape index (κ3) is 27.4. The summed E-state index contributed by atoms with van der Waals surface area (Å²) in [6.45, 7) is 15.9. The van der Waals surface area contributed by atoms with Gasteiger partial charge in [0.1, 0.15) is 6.04 Å². The van der Waals surface area contributed by atoms with Crippen molar-refractivity contribution in [1.82, 2.24) is 15.5 Å². The van der Waals surface area contributed by atoms with Gasteiger partial charge in [0.25, 0.3) is 0 Å². The first-order valence-electron chi connectivity index (χ1n) is 23.5. The number of hydrogen-bond acceptors (Lipinski definition) is 7. The zero-order valence-corrected chi connectivity index (χ0v) is 41.6. The highest BCUT2D eigenvalue weighted by molar-refractivity contribution is 5.93. The predicted molar refractivity (Wildman–Crippen MR) is 273 cm³/mol. The minimum absolute atomic E-state index is 0.00156. The van der Waals surface area contributed by atoms with Crippen LogP contribution in [0.4, 0.5) is 0 Å². The Labute approximate surface area is 397 Å². The van der Waals surface area contributed by atoms with Gasteiger partial charge in [0, 0.05) is 25.5 Å². The van der Waals surface area contributed by atoms with E-state index in [0.29, 0.717) is 19.4 Å². The van der Waals surface area contributed by atoms with Crippen LogP contribution in [0.2, 0.25) is 0 Å². The van der Waals surface area contributed by atoms with Crippen LogP contribution >= 0.6 is 0 Å². The highest BCUT2D eigenvalue weighted by Crippen LogP contribution is 2.19. The maximum absolute atomic E-state index is 12.5. The average molecular weight is 908 g/mol. The van der Waals surface area contributed by atoms with Crippen LogP contribution in [0.3, 0.4) is 0 Å². The number of nitrogens with one attached hydrogen (secondary N) is 2. The number of rotatable bonds is 12. The van der Waals surface area contributed by atoms with Gasteiger partial charge in [0.05, 0.1) is 19.5 Å². The molecule has 3 aliphatic rings. The molecular formula is C55H81N5O6. The number of allylic oxidation sites excluding steroid dienone is 6. The molecule has 2 fully saturated rings. The molecule has 1 atom stereocenters. The van der Waals surface area contributed by atoms with Crippen molar-refractivity contribution in [2.75, 3.05) is 26.7 Å². The molecule has 3 aromatic rings. The van der Waals surface area contributed by atoms with Crippen molar-refractivity contribution in [1.29, 1.82) is 0 Å². The molecular weight excluding hydrogens is 827 g/mol. The molecule has 1 saturated heterocycles.